The van der Waals surface area contributed by atoms with E-state index in [4.69, 9.17) is 11.6 Å². The average Bonchev–Trinajstić information content (AvgIpc) is 3.11. The van der Waals surface area contributed by atoms with E-state index in [-0.39, 0.29) is 24.2 Å². The van der Waals surface area contributed by atoms with E-state index in [9.17, 15) is 9.59 Å². The summed E-state index contributed by atoms with van der Waals surface area (Å²) in [5.41, 5.74) is 1.57. The van der Waals surface area contributed by atoms with Crippen LogP contribution in [0.3, 0.4) is 0 Å². The number of halogens is 1. The average molecular weight is 435 g/mol. The Kier molecular flexibility index (Phi) is 8.72. The van der Waals surface area contributed by atoms with Crippen molar-refractivity contribution < 1.29 is 9.59 Å². The first-order chi connectivity index (χ1) is 13.8. The van der Waals surface area contributed by atoms with Gasteiger partial charge in [-0.2, -0.15) is 0 Å². The molecule has 0 unspecified atom stereocenters. The molecule has 1 aromatic carbocycles. The fraction of sp³-hybridized carbons (Fsp3) is 0.478. The minimum absolute atomic E-state index is 0.0474. The van der Waals surface area contributed by atoms with Gasteiger partial charge in [-0.1, -0.05) is 37.3 Å². The molecule has 0 saturated carbocycles. The van der Waals surface area contributed by atoms with Gasteiger partial charge in [0.1, 0.15) is 0 Å². The fourth-order valence-corrected chi connectivity index (χ4v) is 4.08. The molecule has 0 N–H and O–H groups in total. The highest BCUT2D eigenvalue weighted by atomic mass is 35.5. The molecule has 1 aromatic heterocycles. The minimum atomic E-state index is -0.689. The normalized spacial score (nSPS) is 11.3. The number of amides is 2. The van der Waals surface area contributed by atoms with E-state index in [2.05, 4.69) is 13.0 Å². The summed E-state index contributed by atoms with van der Waals surface area (Å²) in [5, 5.41) is 2.05. The first kappa shape index (κ1) is 23.4. The number of carbonyl (C=O) groups is 2. The topological polar surface area (TPSA) is 40.6 Å². The van der Waals surface area contributed by atoms with E-state index in [1.165, 1.54) is 10.4 Å². The number of hydrogen-bond acceptors (Lipinski definition) is 3. The molecule has 1 heterocycles. The lowest BCUT2D eigenvalue weighted by atomic mass is 9.94. The number of nitrogens with zero attached hydrogens (tertiary/aromatic N) is 2. The van der Waals surface area contributed by atoms with Gasteiger partial charge in [-0.15, -0.1) is 22.9 Å². The molecule has 0 atom stereocenters. The van der Waals surface area contributed by atoms with Crippen molar-refractivity contribution >= 4 is 34.8 Å². The van der Waals surface area contributed by atoms with Crippen molar-refractivity contribution in [2.45, 2.75) is 47.2 Å². The zero-order valence-electron chi connectivity index (χ0n) is 17.8. The second-order valence-electron chi connectivity index (χ2n) is 8.01. The van der Waals surface area contributed by atoms with Gasteiger partial charge in [0.2, 0.25) is 11.8 Å². The Bertz CT molecular complexity index is 804. The molecule has 0 spiro atoms. The molecule has 0 aliphatic heterocycles. The van der Waals surface area contributed by atoms with E-state index < -0.39 is 5.41 Å². The van der Waals surface area contributed by atoms with Gasteiger partial charge in [0.05, 0.1) is 18.5 Å². The highest BCUT2D eigenvalue weighted by Crippen LogP contribution is 2.22. The highest BCUT2D eigenvalue weighted by molar-refractivity contribution is 7.10. The second-order valence-corrected chi connectivity index (χ2v) is 9.27. The lowest BCUT2D eigenvalue weighted by Gasteiger charge is -2.32. The van der Waals surface area contributed by atoms with E-state index in [1.807, 2.05) is 61.4 Å². The van der Waals surface area contributed by atoms with Crippen molar-refractivity contribution in [2.75, 3.05) is 19.0 Å². The van der Waals surface area contributed by atoms with Crippen molar-refractivity contribution in [1.82, 2.24) is 9.80 Å². The van der Waals surface area contributed by atoms with Crippen LogP contribution in [-0.2, 0) is 22.7 Å². The van der Waals surface area contributed by atoms with Crippen LogP contribution >= 0.6 is 22.9 Å². The van der Waals surface area contributed by atoms with Gasteiger partial charge in [-0.05, 0) is 49.8 Å². The summed E-state index contributed by atoms with van der Waals surface area (Å²) in [6.07, 6.45) is 0.792. The predicted molar refractivity (Wildman–Crippen MR) is 121 cm³/mol. The zero-order chi connectivity index (χ0) is 21.4. The summed E-state index contributed by atoms with van der Waals surface area (Å²) in [5.74, 6) is 0.103. The van der Waals surface area contributed by atoms with Crippen molar-refractivity contribution in [2.24, 2.45) is 5.41 Å². The van der Waals surface area contributed by atoms with Gasteiger partial charge in [-0.25, -0.2) is 0 Å². The van der Waals surface area contributed by atoms with Crippen molar-refractivity contribution in [3.8, 4) is 0 Å². The third kappa shape index (κ3) is 6.58. The van der Waals surface area contributed by atoms with Crippen LogP contribution in [0.2, 0.25) is 0 Å². The Morgan fingerprint density at radius 1 is 1.07 bits per heavy atom. The number of aryl methyl sites for hydroxylation is 1. The zero-order valence-corrected chi connectivity index (χ0v) is 19.4. The molecule has 0 saturated heterocycles. The molecule has 0 bridgehead atoms. The molecule has 0 aliphatic rings. The molecular formula is C23H31ClN2O2S. The number of alkyl halides is 1. The third-order valence-corrected chi connectivity index (χ3v) is 6.57. The molecule has 0 aliphatic carbocycles. The summed E-state index contributed by atoms with van der Waals surface area (Å²) in [4.78, 5) is 30.9. The molecule has 2 amide bonds. The van der Waals surface area contributed by atoms with Gasteiger partial charge >= 0.3 is 0 Å². The van der Waals surface area contributed by atoms with Crippen LogP contribution < -0.4 is 0 Å². The van der Waals surface area contributed by atoms with Crippen LogP contribution in [0, 0.1) is 12.3 Å². The van der Waals surface area contributed by atoms with Crippen LogP contribution in [0.1, 0.15) is 43.2 Å². The highest BCUT2D eigenvalue weighted by Gasteiger charge is 2.32. The molecule has 0 fully saturated rings. The number of hydrogen-bond donors (Lipinski definition) is 0. The number of rotatable bonds is 10. The largest absolute Gasteiger partial charge is 0.333 e. The van der Waals surface area contributed by atoms with Gasteiger partial charge in [0.15, 0.2) is 0 Å². The number of benzene rings is 1. The van der Waals surface area contributed by atoms with Gasteiger partial charge in [0.25, 0.3) is 0 Å². The van der Waals surface area contributed by atoms with E-state index in [1.54, 1.807) is 16.2 Å². The van der Waals surface area contributed by atoms with Crippen LogP contribution in [0.15, 0.2) is 41.8 Å². The first-order valence-electron chi connectivity index (χ1n) is 9.98. The van der Waals surface area contributed by atoms with Gasteiger partial charge < -0.3 is 9.80 Å². The number of carbonyl (C=O) groups excluding carboxylic acids is 2. The quantitative estimate of drug-likeness (QED) is 0.488. The standard InChI is InChI=1S/C23H31ClN2O2S/c1-5-12-25(22(28)23(3,4)17-24)16-21(27)26(14-19-9-7-6-8-10-19)15-20-18(2)11-13-29-20/h6-11,13H,5,12,14-17H2,1-4H3. The third-order valence-electron chi connectivity index (χ3n) is 4.89. The Hall–Kier alpha value is -1.85. The van der Waals surface area contributed by atoms with E-state index in [0.29, 0.717) is 19.6 Å². The van der Waals surface area contributed by atoms with Gasteiger partial charge in [-0.3, -0.25) is 9.59 Å². The summed E-state index contributed by atoms with van der Waals surface area (Å²) < 4.78 is 0. The first-order valence-corrected chi connectivity index (χ1v) is 11.4. The van der Waals surface area contributed by atoms with Crippen molar-refractivity contribution in [1.29, 1.82) is 0 Å². The van der Waals surface area contributed by atoms with Crippen molar-refractivity contribution in [3.05, 3.63) is 57.8 Å². The van der Waals surface area contributed by atoms with Crippen LogP contribution in [0.25, 0.3) is 0 Å². The lowest BCUT2D eigenvalue weighted by molar-refractivity contribution is -0.145. The SMILES string of the molecule is CCCN(CC(=O)N(Cc1ccccc1)Cc1sccc1C)C(=O)C(C)(C)CCl. The Labute approximate surface area is 183 Å². The summed E-state index contributed by atoms with van der Waals surface area (Å²) in [6.45, 7) is 9.40. The van der Waals surface area contributed by atoms with Crippen molar-refractivity contribution in [3.63, 3.8) is 0 Å². The maximum Gasteiger partial charge on any atom is 0.242 e. The molecule has 6 heteroatoms. The monoisotopic (exact) mass is 434 g/mol. The lowest BCUT2D eigenvalue weighted by Crippen LogP contribution is -2.47. The molecule has 0 radical (unpaired) electrons. The molecule has 2 aromatic rings. The summed E-state index contributed by atoms with van der Waals surface area (Å²) in [6, 6.07) is 12.0. The predicted octanol–water partition coefficient (Wildman–Crippen LogP) is 5.09. The summed E-state index contributed by atoms with van der Waals surface area (Å²) >= 11 is 7.67. The van der Waals surface area contributed by atoms with E-state index >= 15 is 0 Å². The maximum atomic E-state index is 13.3. The van der Waals surface area contributed by atoms with Gasteiger partial charge in [0, 0.05) is 23.8 Å². The molecular weight excluding hydrogens is 404 g/mol. The minimum Gasteiger partial charge on any atom is -0.333 e. The van der Waals surface area contributed by atoms with Crippen LogP contribution in [0.5, 0.6) is 0 Å². The van der Waals surface area contributed by atoms with E-state index in [0.717, 1.165) is 12.0 Å². The van der Waals surface area contributed by atoms with Crippen LogP contribution in [0.4, 0.5) is 0 Å². The Morgan fingerprint density at radius 2 is 1.76 bits per heavy atom. The Balaban J connectivity index is 2.22. The molecule has 29 heavy (non-hydrogen) atoms. The van der Waals surface area contributed by atoms with Crippen LogP contribution in [-0.4, -0.2) is 40.6 Å². The summed E-state index contributed by atoms with van der Waals surface area (Å²) in [7, 11) is 0. The molecule has 2 rings (SSSR count). The molecule has 158 valence electrons. The molecule has 4 nitrogen and oxygen atoms in total. The maximum absolute atomic E-state index is 13.3. The smallest absolute Gasteiger partial charge is 0.242 e. The Morgan fingerprint density at radius 3 is 2.31 bits per heavy atom. The second kappa shape index (κ2) is 10.8. The fourth-order valence-electron chi connectivity index (χ4n) is 3.05. The number of thiophene rings is 1.